The molecule has 8 nitrogen and oxygen atoms in total. The van der Waals surface area contributed by atoms with Crippen LogP contribution in [0.15, 0.2) is 30.6 Å². The third kappa shape index (κ3) is 5.52. The van der Waals surface area contributed by atoms with Gasteiger partial charge in [0.05, 0.1) is 26.7 Å². The normalized spacial score (nSPS) is 15.3. The van der Waals surface area contributed by atoms with Gasteiger partial charge in [0.15, 0.2) is 17.3 Å². The third-order valence-corrected chi connectivity index (χ3v) is 6.81. The molecule has 0 aliphatic carbocycles. The smallest absolute Gasteiger partial charge is 0.310 e. The highest BCUT2D eigenvalue weighted by atomic mass is 35.5. The Kier molecular flexibility index (Phi) is 7.21. The summed E-state index contributed by atoms with van der Waals surface area (Å²) in [4.78, 5) is 21.9. The number of nitrogens with zero attached hydrogens (tertiary/aromatic N) is 3. The largest absolute Gasteiger partial charge is 0.504 e. The SMILES string of the molecule is CC(C)(CN1CCC(Oc2cc3c(Nc4ccc(Cl)c(Cl)c4F)ncnc3cc2O)CC1)C(=O)O. The van der Waals surface area contributed by atoms with Gasteiger partial charge >= 0.3 is 5.97 Å². The van der Waals surface area contributed by atoms with E-state index in [9.17, 15) is 19.4 Å². The molecule has 0 radical (unpaired) electrons. The van der Waals surface area contributed by atoms with Crippen LogP contribution < -0.4 is 10.1 Å². The van der Waals surface area contributed by atoms with Crippen molar-refractivity contribution < 1.29 is 24.1 Å². The molecule has 4 rings (SSSR count). The number of rotatable bonds is 7. The van der Waals surface area contributed by atoms with E-state index in [1.165, 1.54) is 24.5 Å². The van der Waals surface area contributed by atoms with Gasteiger partial charge in [-0.15, -0.1) is 0 Å². The number of anilines is 2. The summed E-state index contributed by atoms with van der Waals surface area (Å²) in [6.07, 6.45) is 2.50. The van der Waals surface area contributed by atoms with Crippen molar-refractivity contribution in [2.75, 3.05) is 25.0 Å². The number of benzene rings is 2. The van der Waals surface area contributed by atoms with E-state index in [2.05, 4.69) is 20.2 Å². The summed E-state index contributed by atoms with van der Waals surface area (Å²) in [5, 5.41) is 23.2. The van der Waals surface area contributed by atoms with Crippen LogP contribution in [0.25, 0.3) is 10.9 Å². The molecule has 1 aliphatic heterocycles. The number of phenolic OH excluding ortho intramolecular Hbond substituents is 1. The Morgan fingerprint density at radius 1 is 1.26 bits per heavy atom. The first-order chi connectivity index (χ1) is 16.5. The van der Waals surface area contributed by atoms with Crippen LogP contribution in [0.1, 0.15) is 26.7 Å². The first-order valence-corrected chi connectivity index (χ1v) is 11.8. The Hall–Kier alpha value is -2.88. The maximum absolute atomic E-state index is 14.6. The van der Waals surface area contributed by atoms with Crippen molar-refractivity contribution in [3.8, 4) is 11.5 Å². The Balaban J connectivity index is 1.51. The molecule has 186 valence electrons. The second kappa shape index (κ2) is 10.0. The summed E-state index contributed by atoms with van der Waals surface area (Å²) < 4.78 is 20.7. The van der Waals surface area contributed by atoms with Gasteiger partial charge in [-0.1, -0.05) is 23.2 Å². The molecule has 0 saturated carbocycles. The predicted octanol–water partition coefficient (Wildman–Crippen LogP) is 5.48. The molecule has 3 aromatic rings. The summed E-state index contributed by atoms with van der Waals surface area (Å²) in [6, 6.07) is 6.01. The molecule has 3 N–H and O–H groups in total. The molecule has 35 heavy (non-hydrogen) atoms. The highest BCUT2D eigenvalue weighted by Gasteiger charge is 2.32. The summed E-state index contributed by atoms with van der Waals surface area (Å²) >= 11 is 11.8. The van der Waals surface area contributed by atoms with Crippen LogP contribution in [0.2, 0.25) is 10.0 Å². The first-order valence-electron chi connectivity index (χ1n) is 11.1. The molecule has 2 heterocycles. The number of likely N-dealkylation sites (tertiary alicyclic amines) is 1. The molecule has 0 spiro atoms. The van der Waals surface area contributed by atoms with E-state index in [0.29, 0.717) is 49.2 Å². The number of carboxylic acids is 1. The molecule has 1 fully saturated rings. The Labute approximate surface area is 211 Å². The third-order valence-electron chi connectivity index (χ3n) is 6.03. The van der Waals surface area contributed by atoms with Crippen LogP contribution in [-0.2, 0) is 4.79 Å². The molecule has 0 unspecified atom stereocenters. The number of carbonyl (C=O) groups is 1. The van der Waals surface area contributed by atoms with E-state index < -0.39 is 17.2 Å². The molecule has 1 saturated heterocycles. The lowest BCUT2D eigenvalue weighted by atomic mass is 9.92. The Bertz CT molecular complexity index is 1270. The van der Waals surface area contributed by atoms with Gasteiger partial charge in [-0.05, 0) is 44.9 Å². The van der Waals surface area contributed by atoms with E-state index in [0.717, 1.165) is 0 Å². The Morgan fingerprint density at radius 2 is 1.97 bits per heavy atom. The molecule has 0 amide bonds. The summed E-state index contributed by atoms with van der Waals surface area (Å²) in [7, 11) is 0. The van der Waals surface area contributed by atoms with E-state index in [1.807, 2.05) is 0 Å². The zero-order valence-electron chi connectivity index (χ0n) is 19.2. The van der Waals surface area contributed by atoms with Gasteiger partial charge in [0.2, 0.25) is 0 Å². The second-order valence-electron chi connectivity index (χ2n) is 9.19. The van der Waals surface area contributed by atoms with E-state index in [-0.39, 0.29) is 33.3 Å². The molecule has 11 heteroatoms. The van der Waals surface area contributed by atoms with E-state index in [1.54, 1.807) is 19.9 Å². The maximum atomic E-state index is 14.6. The number of hydrogen-bond donors (Lipinski definition) is 3. The fraction of sp³-hybridized carbons (Fsp3) is 0.375. The van der Waals surface area contributed by atoms with Crippen LogP contribution >= 0.6 is 23.2 Å². The average Bonchev–Trinajstić information content (AvgIpc) is 2.81. The fourth-order valence-corrected chi connectivity index (χ4v) is 4.32. The number of aliphatic carboxylic acids is 1. The van der Waals surface area contributed by atoms with Gasteiger partial charge in [-0.25, -0.2) is 14.4 Å². The number of halogens is 3. The van der Waals surface area contributed by atoms with Gasteiger partial charge in [-0.2, -0.15) is 0 Å². The van der Waals surface area contributed by atoms with Crippen molar-refractivity contribution in [3.63, 3.8) is 0 Å². The standard InChI is InChI=1S/C24H25Cl2FN4O4/c1-24(2,23(33)34)11-31-7-5-13(6-8-31)35-19-9-14-17(10-18(19)32)28-12-29-22(14)30-16-4-3-15(25)20(26)21(16)27/h3-4,9-10,12-13,32H,5-8,11H2,1-2H3,(H,33,34)(H,28,29,30). The number of phenols is 1. The van der Waals surface area contributed by atoms with Crippen LogP contribution in [-0.4, -0.2) is 56.8 Å². The van der Waals surface area contributed by atoms with Crippen LogP contribution in [0.5, 0.6) is 11.5 Å². The van der Waals surface area contributed by atoms with Crippen molar-refractivity contribution in [3.05, 3.63) is 46.5 Å². The molecular weight excluding hydrogens is 498 g/mol. The maximum Gasteiger partial charge on any atom is 0.310 e. The minimum atomic E-state index is -0.832. The zero-order valence-corrected chi connectivity index (χ0v) is 20.7. The molecule has 2 aromatic carbocycles. The van der Waals surface area contributed by atoms with Crippen LogP contribution in [0, 0.1) is 11.2 Å². The summed E-state index contributed by atoms with van der Waals surface area (Å²) in [6.45, 7) is 5.24. The number of ether oxygens (including phenoxy) is 1. The number of carboxylic acid groups (broad SMARTS) is 1. The quantitative estimate of drug-likeness (QED) is 0.350. The van der Waals surface area contributed by atoms with Gasteiger partial charge in [0.1, 0.15) is 18.2 Å². The topological polar surface area (TPSA) is 108 Å². The van der Waals surface area contributed by atoms with Crippen molar-refractivity contribution in [2.45, 2.75) is 32.8 Å². The molecule has 1 aliphatic rings. The lowest BCUT2D eigenvalue weighted by molar-refractivity contribution is -0.148. The average molecular weight is 523 g/mol. The number of fused-ring (bicyclic) bond motifs is 1. The van der Waals surface area contributed by atoms with Crippen molar-refractivity contribution >= 4 is 51.6 Å². The van der Waals surface area contributed by atoms with Gasteiger partial charge in [0, 0.05) is 31.1 Å². The van der Waals surface area contributed by atoms with Gasteiger partial charge in [-0.3, -0.25) is 4.79 Å². The lowest BCUT2D eigenvalue weighted by Crippen LogP contribution is -2.45. The van der Waals surface area contributed by atoms with E-state index >= 15 is 0 Å². The first kappa shape index (κ1) is 25.2. The van der Waals surface area contributed by atoms with E-state index in [4.69, 9.17) is 27.9 Å². The lowest BCUT2D eigenvalue weighted by Gasteiger charge is -2.35. The van der Waals surface area contributed by atoms with Crippen molar-refractivity contribution in [1.29, 1.82) is 0 Å². The predicted molar refractivity (Wildman–Crippen MR) is 132 cm³/mol. The number of hydrogen-bond acceptors (Lipinski definition) is 7. The number of nitrogens with one attached hydrogen (secondary N) is 1. The Morgan fingerprint density at radius 3 is 2.66 bits per heavy atom. The number of piperidine rings is 1. The van der Waals surface area contributed by atoms with Gasteiger partial charge < -0.3 is 25.2 Å². The number of aromatic nitrogens is 2. The van der Waals surface area contributed by atoms with Crippen LogP contribution in [0.4, 0.5) is 15.9 Å². The fourth-order valence-electron chi connectivity index (χ4n) is 4.01. The minimum absolute atomic E-state index is 0.0719. The summed E-state index contributed by atoms with van der Waals surface area (Å²) in [5.41, 5.74) is -0.299. The van der Waals surface area contributed by atoms with Crippen molar-refractivity contribution in [2.24, 2.45) is 5.41 Å². The second-order valence-corrected chi connectivity index (χ2v) is 9.97. The van der Waals surface area contributed by atoms with Gasteiger partial charge in [0.25, 0.3) is 0 Å². The summed E-state index contributed by atoms with van der Waals surface area (Å²) in [5.74, 6) is -1.04. The monoisotopic (exact) mass is 522 g/mol. The zero-order chi connectivity index (χ0) is 25.3. The highest BCUT2D eigenvalue weighted by Crippen LogP contribution is 2.37. The number of aromatic hydroxyl groups is 1. The van der Waals surface area contributed by atoms with Crippen LogP contribution in [0.3, 0.4) is 0 Å². The minimum Gasteiger partial charge on any atom is -0.504 e. The molecule has 0 atom stereocenters. The highest BCUT2D eigenvalue weighted by molar-refractivity contribution is 6.42. The molecule has 0 bridgehead atoms. The van der Waals surface area contributed by atoms with Crippen molar-refractivity contribution in [1.82, 2.24) is 14.9 Å². The molecular formula is C24H25Cl2FN4O4. The molecule has 1 aromatic heterocycles.